The Morgan fingerprint density at radius 1 is 0.733 bits per heavy atom. The lowest BCUT2D eigenvalue weighted by atomic mass is 10.1. The Kier molecular flexibility index (Phi) is 3.92. The quantitative estimate of drug-likeness (QED) is 0.212. The number of benzene rings is 1. The molecule has 0 fully saturated rings. The van der Waals surface area contributed by atoms with Gasteiger partial charge in [0.05, 0.1) is 0 Å². The summed E-state index contributed by atoms with van der Waals surface area (Å²) in [6.07, 6.45) is 2.16. The van der Waals surface area contributed by atoms with Crippen LogP contribution in [0, 0.1) is 6.92 Å². The highest BCUT2D eigenvalue weighted by molar-refractivity contribution is 9.10. The molecule has 0 atom stereocenters. The normalized spacial score (nSPS) is 13.4. The van der Waals surface area contributed by atoms with E-state index in [9.17, 15) is 0 Å². The van der Waals surface area contributed by atoms with E-state index in [1.165, 1.54) is 67.1 Å². The lowest BCUT2D eigenvalue weighted by Crippen LogP contribution is -1.81. The second kappa shape index (κ2) is 6.50. The molecule has 0 aliphatic heterocycles. The predicted molar refractivity (Wildman–Crippen MR) is 138 cm³/mol. The second-order valence-electron chi connectivity index (χ2n) is 7.98. The highest BCUT2D eigenvalue weighted by atomic mass is 79.9. The molecule has 0 saturated heterocycles. The Morgan fingerprint density at radius 3 is 2.03 bits per heavy atom. The Morgan fingerprint density at radius 2 is 1.33 bits per heavy atom. The average Bonchev–Trinajstić information content (AvgIpc) is 3.54. The van der Waals surface area contributed by atoms with Crippen LogP contribution in [0.2, 0.25) is 0 Å². The number of hydrogen-bond donors (Lipinski definition) is 0. The first-order valence-electron chi connectivity index (χ1n) is 9.85. The first kappa shape index (κ1) is 18.1. The first-order chi connectivity index (χ1) is 14.7. The molecule has 1 aromatic carbocycles. The van der Waals surface area contributed by atoms with Crippen molar-refractivity contribution in [3.63, 3.8) is 0 Å². The maximum Gasteiger partial charge on any atom is 0.0492 e. The van der Waals surface area contributed by atoms with Gasteiger partial charge in [0, 0.05) is 52.0 Å². The smallest absolute Gasteiger partial charge is 0.0492 e. The fourth-order valence-corrected chi connectivity index (χ4v) is 10.1. The predicted octanol–water partition coefficient (Wildman–Crippen LogP) is 9.48. The third-order valence-electron chi connectivity index (χ3n) is 6.14. The monoisotopic (exact) mass is 522 g/mol. The van der Waals surface area contributed by atoms with E-state index >= 15 is 0 Å². The molecule has 4 aromatic heterocycles. The third kappa shape index (κ3) is 2.53. The van der Waals surface area contributed by atoms with E-state index in [1.54, 1.807) is 5.56 Å². The van der Waals surface area contributed by atoms with E-state index in [2.05, 4.69) is 70.0 Å². The number of rotatable bonds is 2. The van der Waals surface area contributed by atoms with E-state index in [4.69, 9.17) is 0 Å². The van der Waals surface area contributed by atoms with Crippen LogP contribution in [-0.4, -0.2) is 0 Å². The van der Waals surface area contributed by atoms with Gasteiger partial charge >= 0.3 is 0 Å². The third-order valence-corrected chi connectivity index (χ3v) is 12.1. The van der Waals surface area contributed by atoms with Crippen LogP contribution >= 0.6 is 61.3 Å². The van der Waals surface area contributed by atoms with Gasteiger partial charge in [-0.15, -0.1) is 45.3 Å². The molecule has 146 valence electrons. The van der Waals surface area contributed by atoms with Crippen molar-refractivity contribution >= 4 is 61.3 Å². The second-order valence-corrected chi connectivity index (χ2v) is 12.7. The highest BCUT2D eigenvalue weighted by Crippen LogP contribution is 2.52. The van der Waals surface area contributed by atoms with Gasteiger partial charge in [0.1, 0.15) is 0 Å². The zero-order valence-corrected chi connectivity index (χ0v) is 20.9. The van der Waals surface area contributed by atoms with Crippen LogP contribution in [0.15, 0.2) is 51.6 Å². The number of fused-ring (bicyclic) bond motifs is 6. The van der Waals surface area contributed by atoms with Crippen molar-refractivity contribution in [3.8, 4) is 40.4 Å². The maximum atomic E-state index is 3.71. The molecule has 7 rings (SSSR count). The van der Waals surface area contributed by atoms with Gasteiger partial charge in [0.25, 0.3) is 0 Å². The molecule has 0 nitrogen and oxygen atoms in total. The number of thiophene rings is 4. The molecule has 0 bridgehead atoms. The molecular weight excluding hydrogens is 508 g/mol. The molecule has 2 aliphatic carbocycles. The van der Waals surface area contributed by atoms with Crippen LogP contribution < -0.4 is 0 Å². The largest absolute Gasteiger partial charge is 0.142 e. The van der Waals surface area contributed by atoms with Gasteiger partial charge in [-0.25, -0.2) is 0 Å². The lowest BCUT2D eigenvalue weighted by molar-refractivity contribution is 1.24. The SMILES string of the molecule is Cc1csc2c1Cc1cc(-c3cccc(-c4cc5c(s4)-c4scc(Br)c4C5)c3)sc1-2. The van der Waals surface area contributed by atoms with E-state index < -0.39 is 0 Å². The number of aryl methyl sites for hydroxylation is 1. The van der Waals surface area contributed by atoms with Gasteiger partial charge in [-0.3, -0.25) is 0 Å². The summed E-state index contributed by atoms with van der Waals surface area (Å²) in [4.78, 5) is 8.71. The Balaban J connectivity index is 1.27. The molecule has 5 aromatic rings. The summed E-state index contributed by atoms with van der Waals surface area (Å²) in [5, 5.41) is 4.53. The molecule has 4 heterocycles. The van der Waals surface area contributed by atoms with Crippen LogP contribution in [0.3, 0.4) is 0 Å². The van der Waals surface area contributed by atoms with Crippen LogP contribution in [0.4, 0.5) is 0 Å². The zero-order valence-electron chi connectivity index (χ0n) is 16.0. The molecule has 0 amide bonds. The van der Waals surface area contributed by atoms with E-state index in [0.717, 1.165) is 12.8 Å². The van der Waals surface area contributed by atoms with Gasteiger partial charge < -0.3 is 0 Å². The average molecular weight is 524 g/mol. The fraction of sp³-hybridized carbons (Fsp3) is 0.120. The summed E-state index contributed by atoms with van der Waals surface area (Å²) < 4.78 is 1.27. The van der Waals surface area contributed by atoms with E-state index in [-0.39, 0.29) is 0 Å². The van der Waals surface area contributed by atoms with Crippen LogP contribution in [0.1, 0.15) is 27.8 Å². The van der Waals surface area contributed by atoms with Crippen molar-refractivity contribution in [3.05, 3.63) is 79.4 Å². The summed E-state index contributed by atoms with van der Waals surface area (Å²) in [7, 11) is 0. The summed E-state index contributed by atoms with van der Waals surface area (Å²) in [6, 6.07) is 14.0. The van der Waals surface area contributed by atoms with Crippen molar-refractivity contribution in [1.82, 2.24) is 0 Å². The van der Waals surface area contributed by atoms with Crippen LogP contribution in [-0.2, 0) is 12.8 Å². The Labute approximate surface area is 199 Å². The molecule has 0 spiro atoms. The topological polar surface area (TPSA) is 0 Å². The number of hydrogen-bond acceptors (Lipinski definition) is 4. The Bertz CT molecular complexity index is 1370. The van der Waals surface area contributed by atoms with Gasteiger partial charge in [-0.05, 0) is 85.4 Å². The molecule has 0 unspecified atom stereocenters. The van der Waals surface area contributed by atoms with Crippen LogP contribution in [0.25, 0.3) is 40.4 Å². The van der Waals surface area contributed by atoms with E-state index in [0.29, 0.717) is 0 Å². The van der Waals surface area contributed by atoms with Gasteiger partial charge in [0.15, 0.2) is 0 Å². The maximum absolute atomic E-state index is 3.71. The molecule has 2 aliphatic rings. The minimum Gasteiger partial charge on any atom is -0.142 e. The van der Waals surface area contributed by atoms with Crippen LogP contribution in [0.5, 0.6) is 0 Å². The number of halogens is 1. The molecule has 0 radical (unpaired) electrons. The van der Waals surface area contributed by atoms with Crippen molar-refractivity contribution in [1.29, 1.82) is 0 Å². The highest BCUT2D eigenvalue weighted by Gasteiger charge is 2.27. The van der Waals surface area contributed by atoms with Crippen molar-refractivity contribution in [2.45, 2.75) is 19.8 Å². The lowest BCUT2D eigenvalue weighted by Gasteiger charge is -2.03. The zero-order chi connectivity index (χ0) is 20.0. The summed E-state index contributed by atoms with van der Waals surface area (Å²) in [5.41, 5.74) is 10.1. The summed E-state index contributed by atoms with van der Waals surface area (Å²) in [6.45, 7) is 2.24. The van der Waals surface area contributed by atoms with Gasteiger partial charge in [-0.2, -0.15) is 0 Å². The molecule has 0 saturated carbocycles. The first-order valence-corrected chi connectivity index (χ1v) is 14.0. The molecular formula is C25H15BrS4. The van der Waals surface area contributed by atoms with Crippen molar-refractivity contribution in [2.75, 3.05) is 0 Å². The van der Waals surface area contributed by atoms with E-state index in [1.807, 2.05) is 45.3 Å². The minimum absolute atomic E-state index is 1.06. The van der Waals surface area contributed by atoms with Crippen molar-refractivity contribution in [2.24, 2.45) is 0 Å². The Hall–Kier alpha value is -1.50. The fourth-order valence-electron chi connectivity index (χ4n) is 4.59. The van der Waals surface area contributed by atoms with Crippen molar-refractivity contribution < 1.29 is 0 Å². The molecule has 5 heteroatoms. The van der Waals surface area contributed by atoms with Gasteiger partial charge in [-0.1, -0.05) is 18.2 Å². The summed E-state index contributed by atoms with van der Waals surface area (Å²) >= 11 is 11.4. The van der Waals surface area contributed by atoms with Gasteiger partial charge in [0.2, 0.25) is 0 Å². The minimum atomic E-state index is 1.06. The molecule has 0 N–H and O–H groups in total. The molecule has 30 heavy (non-hydrogen) atoms. The summed E-state index contributed by atoms with van der Waals surface area (Å²) in [5.74, 6) is 0. The standard InChI is InChI=1S/C25H15BrS4/c1-12-10-27-24-17(12)6-15-8-20(29-22(15)24)13-3-2-4-14(5-13)21-9-16-7-18-19(26)11-28-25(18)23(16)30-21/h2-5,8-11H,6-7H2,1H3.